The van der Waals surface area contributed by atoms with Gasteiger partial charge in [0.1, 0.15) is 0 Å². The highest BCUT2D eigenvalue weighted by Gasteiger charge is 2.25. The molecule has 6 nitrogen and oxygen atoms in total. The molecule has 1 atom stereocenters. The minimum atomic E-state index is -0.211. The number of nitrogen functional groups attached to an aromatic ring is 1. The Balaban J connectivity index is 1.90. The fourth-order valence-corrected chi connectivity index (χ4v) is 3.50. The Bertz CT molecular complexity index is 820. The number of nitrogens with one attached hydrogen (secondary N) is 1. The summed E-state index contributed by atoms with van der Waals surface area (Å²) in [7, 11) is 4.57. The normalized spacial score (nSPS) is 15.7. The highest BCUT2D eigenvalue weighted by Crippen LogP contribution is 2.40. The number of aryl methyl sites for hydroxylation is 1. The fourth-order valence-electron chi connectivity index (χ4n) is 3.50. The largest absolute Gasteiger partial charge is 0.493 e. The number of amides is 1. The maximum atomic E-state index is 12.9. The van der Waals surface area contributed by atoms with Crippen LogP contribution in [-0.4, -0.2) is 27.2 Å². The van der Waals surface area contributed by atoms with E-state index < -0.39 is 0 Å². The van der Waals surface area contributed by atoms with Crippen molar-refractivity contribution in [1.29, 1.82) is 0 Å². The minimum Gasteiger partial charge on any atom is -0.493 e. The van der Waals surface area contributed by atoms with Crippen molar-refractivity contribution in [2.75, 3.05) is 27.1 Å². The van der Waals surface area contributed by atoms with Gasteiger partial charge in [-0.2, -0.15) is 0 Å². The van der Waals surface area contributed by atoms with Crippen LogP contribution in [0, 0.1) is 0 Å². The van der Waals surface area contributed by atoms with E-state index in [9.17, 15) is 4.79 Å². The summed E-state index contributed by atoms with van der Waals surface area (Å²) in [5, 5.41) is 3.12. The molecular weight excluding hydrogens is 332 g/mol. The molecule has 2 aromatic rings. The molecule has 0 radical (unpaired) electrons. The lowest BCUT2D eigenvalue weighted by atomic mass is 9.87. The number of hydrogen-bond acceptors (Lipinski definition) is 5. The lowest BCUT2D eigenvalue weighted by Gasteiger charge is -2.27. The van der Waals surface area contributed by atoms with E-state index in [0.29, 0.717) is 22.8 Å². The third-order valence-corrected chi connectivity index (χ3v) is 4.74. The van der Waals surface area contributed by atoms with Gasteiger partial charge in [0.25, 0.3) is 5.91 Å². The molecular formula is C20H24N2O4. The van der Waals surface area contributed by atoms with Crippen LogP contribution < -0.4 is 25.3 Å². The van der Waals surface area contributed by atoms with Gasteiger partial charge in [-0.1, -0.05) is 6.07 Å². The van der Waals surface area contributed by atoms with Crippen molar-refractivity contribution in [3.05, 3.63) is 47.0 Å². The molecule has 0 aromatic heterocycles. The van der Waals surface area contributed by atoms with Crippen molar-refractivity contribution in [3.63, 3.8) is 0 Å². The summed E-state index contributed by atoms with van der Waals surface area (Å²) in [5.74, 6) is 1.06. The van der Waals surface area contributed by atoms with Gasteiger partial charge in [0.05, 0.1) is 32.9 Å². The molecule has 2 aromatic carbocycles. The summed E-state index contributed by atoms with van der Waals surface area (Å²) in [5.41, 5.74) is 9.36. The van der Waals surface area contributed by atoms with Crippen molar-refractivity contribution in [2.24, 2.45) is 0 Å². The predicted molar refractivity (Wildman–Crippen MR) is 100 cm³/mol. The fraction of sp³-hybridized carbons (Fsp3) is 0.350. The summed E-state index contributed by atoms with van der Waals surface area (Å²) in [4.78, 5) is 12.9. The van der Waals surface area contributed by atoms with Crippen LogP contribution in [0.3, 0.4) is 0 Å². The zero-order valence-corrected chi connectivity index (χ0v) is 15.3. The Kier molecular flexibility index (Phi) is 5.21. The second-order valence-electron chi connectivity index (χ2n) is 6.26. The zero-order valence-electron chi connectivity index (χ0n) is 15.3. The van der Waals surface area contributed by atoms with E-state index in [1.165, 1.54) is 19.8 Å². The summed E-state index contributed by atoms with van der Waals surface area (Å²) >= 11 is 0. The number of rotatable bonds is 5. The molecule has 0 saturated carbocycles. The molecule has 138 valence electrons. The second-order valence-corrected chi connectivity index (χ2v) is 6.26. The molecule has 0 aliphatic heterocycles. The van der Waals surface area contributed by atoms with Gasteiger partial charge in [0, 0.05) is 5.69 Å². The van der Waals surface area contributed by atoms with E-state index in [4.69, 9.17) is 19.9 Å². The molecule has 1 unspecified atom stereocenters. The first-order valence-electron chi connectivity index (χ1n) is 8.57. The molecule has 1 amide bonds. The number of nitrogens with two attached hydrogens (primary N) is 1. The van der Waals surface area contributed by atoms with Gasteiger partial charge in [0.15, 0.2) is 11.5 Å². The smallest absolute Gasteiger partial charge is 0.255 e. The highest BCUT2D eigenvalue weighted by atomic mass is 16.5. The molecule has 0 heterocycles. The SMILES string of the molecule is COc1ccc(C(=O)NC2CCCc3cc(N)ccc32)c(OC)c1OC. The molecule has 26 heavy (non-hydrogen) atoms. The molecule has 0 spiro atoms. The Morgan fingerprint density at radius 2 is 1.85 bits per heavy atom. The average Bonchev–Trinajstić information content (AvgIpc) is 2.66. The van der Waals surface area contributed by atoms with Gasteiger partial charge in [-0.25, -0.2) is 0 Å². The molecule has 1 aliphatic rings. The maximum Gasteiger partial charge on any atom is 0.255 e. The summed E-state index contributed by atoms with van der Waals surface area (Å²) < 4.78 is 16.1. The molecule has 6 heteroatoms. The summed E-state index contributed by atoms with van der Waals surface area (Å²) in [6.07, 6.45) is 2.87. The third-order valence-electron chi connectivity index (χ3n) is 4.74. The van der Waals surface area contributed by atoms with Crippen LogP contribution in [-0.2, 0) is 6.42 Å². The van der Waals surface area contributed by atoms with Crippen LogP contribution in [0.25, 0.3) is 0 Å². The van der Waals surface area contributed by atoms with E-state index in [1.807, 2.05) is 18.2 Å². The monoisotopic (exact) mass is 356 g/mol. The van der Waals surface area contributed by atoms with Crippen LogP contribution in [0.2, 0.25) is 0 Å². The first-order chi connectivity index (χ1) is 12.6. The Morgan fingerprint density at radius 3 is 2.54 bits per heavy atom. The summed E-state index contributed by atoms with van der Waals surface area (Å²) in [6, 6.07) is 9.20. The highest BCUT2D eigenvalue weighted by molar-refractivity contribution is 5.98. The van der Waals surface area contributed by atoms with Crippen molar-refractivity contribution >= 4 is 11.6 Å². The van der Waals surface area contributed by atoms with Crippen molar-refractivity contribution < 1.29 is 19.0 Å². The van der Waals surface area contributed by atoms with Crippen LogP contribution in [0.5, 0.6) is 17.2 Å². The quantitative estimate of drug-likeness (QED) is 0.805. The molecule has 0 fully saturated rings. The zero-order chi connectivity index (χ0) is 18.7. The van der Waals surface area contributed by atoms with E-state index >= 15 is 0 Å². The Labute approximate surface area is 153 Å². The van der Waals surface area contributed by atoms with Crippen LogP contribution >= 0.6 is 0 Å². The van der Waals surface area contributed by atoms with Gasteiger partial charge in [-0.3, -0.25) is 4.79 Å². The first-order valence-corrected chi connectivity index (χ1v) is 8.57. The number of fused-ring (bicyclic) bond motifs is 1. The first kappa shape index (κ1) is 17.9. The lowest BCUT2D eigenvalue weighted by molar-refractivity contribution is 0.0929. The number of hydrogen-bond donors (Lipinski definition) is 2. The summed E-state index contributed by atoms with van der Waals surface area (Å²) in [6.45, 7) is 0. The van der Waals surface area contributed by atoms with Gasteiger partial charge < -0.3 is 25.3 Å². The van der Waals surface area contributed by atoms with Gasteiger partial charge >= 0.3 is 0 Å². The molecule has 1 aliphatic carbocycles. The van der Waals surface area contributed by atoms with Gasteiger partial charge in [-0.05, 0) is 54.7 Å². The average molecular weight is 356 g/mol. The van der Waals surface area contributed by atoms with E-state index in [1.54, 1.807) is 19.2 Å². The molecule has 3 rings (SSSR count). The standard InChI is InChI=1S/C20H24N2O4/c1-24-17-10-9-15(18(25-2)19(17)26-3)20(23)22-16-6-4-5-12-11-13(21)7-8-14(12)16/h7-11,16H,4-6,21H2,1-3H3,(H,22,23). The van der Waals surface area contributed by atoms with Crippen LogP contribution in [0.1, 0.15) is 40.4 Å². The van der Waals surface area contributed by atoms with E-state index in [-0.39, 0.29) is 11.9 Å². The topological polar surface area (TPSA) is 82.8 Å². The molecule has 3 N–H and O–H groups in total. The maximum absolute atomic E-state index is 12.9. The number of ether oxygens (including phenoxy) is 3. The lowest BCUT2D eigenvalue weighted by Crippen LogP contribution is -2.31. The van der Waals surface area contributed by atoms with E-state index in [0.717, 1.165) is 30.5 Å². The number of carbonyl (C=O) groups excluding carboxylic acids is 1. The van der Waals surface area contributed by atoms with Crippen molar-refractivity contribution in [2.45, 2.75) is 25.3 Å². The number of benzene rings is 2. The van der Waals surface area contributed by atoms with Crippen LogP contribution in [0.15, 0.2) is 30.3 Å². The number of anilines is 1. The third kappa shape index (κ3) is 3.27. The minimum absolute atomic E-state index is 0.0512. The Morgan fingerprint density at radius 1 is 1.08 bits per heavy atom. The van der Waals surface area contributed by atoms with Crippen molar-refractivity contribution in [3.8, 4) is 17.2 Å². The van der Waals surface area contributed by atoms with E-state index in [2.05, 4.69) is 5.32 Å². The number of methoxy groups -OCH3 is 3. The van der Waals surface area contributed by atoms with Gasteiger partial charge in [0.2, 0.25) is 5.75 Å². The van der Waals surface area contributed by atoms with Crippen molar-refractivity contribution in [1.82, 2.24) is 5.32 Å². The Hall–Kier alpha value is -2.89. The second kappa shape index (κ2) is 7.56. The van der Waals surface area contributed by atoms with Gasteiger partial charge in [-0.15, -0.1) is 0 Å². The van der Waals surface area contributed by atoms with Crippen LogP contribution in [0.4, 0.5) is 5.69 Å². The molecule has 0 bridgehead atoms. The predicted octanol–water partition coefficient (Wildman–Crippen LogP) is 3.10. The number of carbonyl (C=O) groups is 1. The molecule has 0 saturated heterocycles.